The highest BCUT2D eigenvalue weighted by Crippen LogP contribution is 1.95. The van der Waals surface area contributed by atoms with Crippen LogP contribution in [0, 0.1) is 0 Å². The van der Waals surface area contributed by atoms with Crippen LogP contribution in [-0.4, -0.2) is 34.4 Å². The monoisotopic (exact) mass is 209 g/mol. The highest BCUT2D eigenvalue weighted by molar-refractivity contribution is 5.93. The van der Waals surface area contributed by atoms with Crippen LogP contribution in [-0.2, 0) is 0 Å². The van der Waals surface area contributed by atoms with Gasteiger partial charge in [0.1, 0.15) is 0 Å². The molecule has 5 heteroatoms. The summed E-state index contributed by atoms with van der Waals surface area (Å²) in [4.78, 5) is 11.4. The number of rotatable bonds is 6. The average molecular weight is 209 g/mol. The van der Waals surface area contributed by atoms with Crippen LogP contribution in [0.15, 0.2) is 18.5 Å². The summed E-state index contributed by atoms with van der Waals surface area (Å²) in [6.07, 6.45) is 5.51. The first-order valence-corrected chi connectivity index (χ1v) is 5.00. The number of carbonyl (C=O) groups excluding carboxylic acids is 1. The van der Waals surface area contributed by atoms with Crippen molar-refractivity contribution in [3.05, 3.63) is 24.0 Å². The first kappa shape index (κ1) is 11.6. The summed E-state index contributed by atoms with van der Waals surface area (Å²) >= 11 is 0. The quantitative estimate of drug-likeness (QED) is 0.664. The van der Waals surface area contributed by atoms with Crippen molar-refractivity contribution >= 4 is 5.91 Å². The topological polar surface area (TPSA) is 75.1 Å². The number of aromatic nitrogens is 2. The SMILES string of the molecule is O=C(NCCCCCO)c1ccnnc1. The number of nitrogens with one attached hydrogen (secondary N) is 1. The lowest BCUT2D eigenvalue weighted by Crippen LogP contribution is -2.24. The number of hydrogen-bond acceptors (Lipinski definition) is 4. The van der Waals surface area contributed by atoms with Gasteiger partial charge in [-0.25, -0.2) is 0 Å². The van der Waals surface area contributed by atoms with Crippen LogP contribution in [0.25, 0.3) is 0 Å². The van der Waals surface area contributed by atoms with Gasteiger partial charge in [-0.2, -0.15) is 10.2 Å². The molecule has 1 aromatic heterocycles. The zero-order valence-corrected chi connectivity index (χ0v) is 8.52. The van der Waals surface area contributed by atoms with E-state index in [4.69, 9.17) is 5.11 Å². The maximum Gasteiger partial charge on any atom is 0.252 e. The number of amides is 1. The van der Waals surface area contributed by atoms with Gasteiger partial charge in [-0.1, -0.05) is 0 Å². The van der Waals surface area contributed by atoms with Gasteiger partial charge in [0.25, 0.3) is 5.91 Å². The van der Waals surface area contributed by atoms with Crippen molar-refractivity contribution in [2.24, 2.45) is 0 Å². The molecule has 0 unspecified atom stereocenters. The Morgan fingerprint density at radius 2 is 2.20 bits per heavy atom. The first-order valence-electron chi connectivity index (χ1n) is 5.00. The van der Waals surface area contributed by atoms with E-state index in [1.807, 2.05) is 0 Å². The van der Waals surface area contributed by atoms with Gasteiger partial charge < -0.3 is 10.4 Å². The second kappa shape index (κ2) is 6.89. The summed E-state index contributed by atoms with van der Waals surface area (Å²) in [5.41, 5.74) is 0.521. The highest BCUT2D eigenvalue weighted by atomic mass is 16.2. The molecule has 0 aromatic carbocycles. The first-order chi connectivity index (χ1) is 7.34. The second-order valence-corrected chi connectivity index (χ2v) is 3.17. The standard InChI is InChI=1S/C10H15N3O2/c14-7-3-1-2-5-11-10(15)9-4-6-12-13-8-9/h4,6,8,14H,1-3,5,7H2,(H,11,15). The van der Waals surface area contributed by atoms with Gasteiger partial charge in [-0.05, 0) is 25.3 Å². The number of carbonyl (C=O) groups is 1. The van der Waals surface area contributed by atoms with Crippen LogP contribution >= 0.6 is 0 Å². The normalized spacial score (nSPS) is 9.93. The predicted octanol–water partition coefficient (Wildman–Crippen LogP) is 0.369. The van der Waals surface area contributed by atoms with Crippen LogP contribution in [0.3, 0.4) is 0 Å². The minimum absolute atomic E-state index is 0.131. The van der Waals surface area contributed by atoms with Crippen molar-refractivity contribution in [3.8, 4) is 0 Å². The Bertz CT molecular complexity index is 290. The van der Waals surface area contributed by atoms with Gasteiger partial charge in [-0.15, -0.1) is 0 Å². The van der Waals surface area contributed by atoms with E-state index in [9.17, 15) is 4.79 Å². The van der Waals surface area contributed by atoms with Crippen LogP contribution in [0.5, 0.6) is 0 Å². The number of aliphatic hydroxyl groups excluding tert-OH is 1. The van der Waals surface area contributed by atoms with Crippen molar-refractivity contribution in [2.45, 2.75) is 19.3 Å². The Hall–Kier alpha value is -1.49. The summed E-state index contributed by atoms with van der Waals surface area (Å²) in [7, 11) is 0. The minimum Gasteiger partial charge on any atom is -0.396 e. The van der Waals surface area contributed by atoms with Crippen LogP contribution in [0.2, 0.25) is 0 Å². The molecule has 0 saturated heterocycles. The molecule has 0 fully saturated rings. The molecule has 82 valence electrons. The fourth-order valence-electron chi connectivity index (χ4n) is 1.14. The molecule has 2 N–H and O–H groups in total. The fraction of sp³-hybridized carbons (Fsp3) is 0.500. The van der Waals surface area contributed by atoms with Crippen LogP contribution in [0.1, 0.15) is 29.6 Å². The Balaban J connectivity index is 2.20. The molecule has 0 aliphatic rings. The fourth-order valence-corrected chi connectivity index (χ4v) is 1.14. The van der Waals surface area contributed by atoms with Gasteiger partial charge in [0.15, 0.2) is 0 Å². The number of nitrogens with zero attached hydrogens (tertiary/aromatic N) is 2. The van der Waals surface area contributed by atoms with Gasteiger partial charge in [0.2, 0.25) is 0 Å². The van der Waals surface area contributed by atoms with E-state index in [2.05, 4.69) is 15.5 Å². The molecule has 1 amide bonds. The van der Waals surface area contributed by atoms with Crippen molar-refractivity contribution < 1.29 is 9.90 Å². The lowest BCUT2D eigenvalue weighted by Gasteiger charge is -2.03. The number of unbranched alkanes of at least 4 members (excludes halogenated alkanes) is 2. The van der Waals surface area contributed by atoms with E-state index >= 15 is 0 Å². The molecule has 0 aliphatic heterocycles. The van der Waals surface area contributed by atoms with Crippen molar-refractivity contribution in [3.63, 3.8) is 0 Å². The van der Waals surface area contributed by atoms with E-state index in [0.717, 1.165) is 19.3 Å². The van der Waals surface area contributed by atoms with Gasteiger partial charge >= 0.3 is 0 Å². The third-order valence-electron chi connectivity index (χ3n) is 1.97. The molecule has 15 heavy (non-hydrogen) atoms. The molecule has 1 heterocycles. The third-order valence-corrected chi connectivity index (χ3v) is 1.97. The molecule has 0 aliphatic carbocycles. The Kier molecular flexibility index (Phi) is 5.32. The van der Waals surface area contributed by atoms with E-state index < -0.39 is 0 Å². The third kappa shape index (κ3) is 4.51. The molecule has 0 radical (unpaired) electrons. The Labute approximate surface area is 88.5 Å². The summed E-state index contributed by atoms with van der Waals surface area (Å²) in [6, 6.07) is 1.62. The molecular formula is C10H15N3O2. The number of aliphatic hydroxyl groups is 1. The van der Waals surface area contributed by atoms with Crippen molar-refractivity contribution in [1.29, 1.82) is 0 Å². The molecule has 0 saturated carbocycles. The average Bonchev–Trinajstić information content (AvgIpc) is 2.30. The Morgan fingerprint density at radius 1 is 1.33 bits per heavy atom. The summed E-state index contributed by atoms with van der Waals surface area (Å²) in [6.45, 7) is 0.837. The van der Waals surface area contributed by atoms with Gasteiger partial charge in [0.05, 0.1) is 18.0 Å². The van der Waals surface area contributed by atoms with E-state index in [1.165, 1.54) is 12.4 Å². The van der Waals surface area contributed by atoms with Gasteiger partial charge in [-0.3, -0.25) is 4.79 Å². The molecule has 5 nitrogen and oxygen atoms in total. The lowest BCUT2D eigenvalue weighted by molar-refractivity contribution is 0.0952. The summed E-state index contributed by atoms with van der Waals surface area (Å²) in [5.74, 6) is -0.131. The summed E-state index contributed by atoms with van der Waals surface area (Å²) < 4.78 is 0. The molecular weight excluding hydrogens is 194 g/mol. The van der Waals surface area contributed by atoms with E-state index in [-0.39, 0.29) is 12.5 Å². The lowest BCUT2D eigenvalue weighted by atomic mass is 10.2. The van der Waals surface area contributed by atoms with Crippen molar-refractivity contribution in [1.82, 2.24) is 15.5 Å². The van der Waals surface area contributed by atoms with Crippen molar-refractivity contribution in [2.75, 3.05) is 13.2 Å². The predicted molar refractivity (Wildman–Crippen MR) is 55.3 cm³/mol. The summed E-state index contributed by atoms with van der Waals surface area (Å²) in [5, 5.41) is 18.5. The number of hydrogen-bond donors (Lipinski definition) is 2. The van der Waals surface area contributed by atoms with Crippen LogP contribution in [0.4, 0.5) is 0 Å². The maximum atomic E-state index is 11.4. The zero-order chi connectivity index (χ0) is 10.9. The second-order valence-electron chi connectivity index (χ2n) is 3.17. The largest absolute Gasteiger partial charge is 0.396 e. The molecule has 0 bridgehead atoms. The molecule has 0 spiro atoms. The van der Waals surface area contributed by atoms with E-state index in [1.54, 1.807) is 6.07 Å². The smallest absolute Gasteiger partial charge is 0.252 e. The molecule has 1 aromatic rings. The van der Waals surface area contributed by atoms with Gasteiger partial charge in [0, 0.05) is 13.2 Å². The molecule has 1 rings (SSSR count). The van der Waals surface area contributed by atoms with E-state index in [0.29, 0.717) is 12.1 Å². The highest BCUT2D eigenvalue weighted by Gasteiger charge is 2.03. The Morgan fingerprint density at radius 3 is 2.87 bits per heavy atom. The zero-order valence-electron chi connectivity index (χ0n) is 8.52. The molecule has 0 atom stereocenters. The minimum atomic E-state index is -0.131. The van der Waals surface area contributed by atoms with Crippen LogP contribution < -0.4 is 5.32 Å². The maximum absolute atomic E-state index is 11.4.